The predicted octanol–water partition coefficient (Wildman–Crippen LogP) is 3.04. The van der Waals surface area contributed by atoms with Crippen molar-refractivity contribution in [3.63, 3.8) is 0 Å². The van der Waals surface area contributed by atoms with Crippen LogP contribution in [0.15, 0.2) is 48.5 Å². The van der Waals surface area contributed by atoms with Gasteiger partial charge in [-0.25, -0.2) is 0 Å². The summed E-state index contributed by atoms with van der Waals surface area (Å²) < 4.78 is 5.32. The summed E-state index contributed by atoms with van der Waals surface area (Å²) in [5.74, 6) is -0.669. The lowest BCUT2D eigenvalue weighted by atomic mass is 10.1. The normalized spacial score (nSPS) is 10.1. The van der Waals surface area contributed by atoms with Crippen LogP contribution in [0, 0.1) is 0 Å². The van der Waals surface area contributed by atoms with Crippen LogP contribution in [0.3, 0.4) is 0 Å². The minimum atomic E-state index is -0.703. The quantitative estimate of drug-likeness (QED) is 0.790. The summed E-state index contributed by atoms with van der Waals surface area (Å²) in [6.45, 7) is 2.82. The number of ether oxygens (including phenoxy) is 1. The van der Waals surface area contributed by atoms with Crippen LogP contribution in [-0.4, -0.2) is 25.0 Å². The molecule has 126 valence electrons. The molecule has 2 aromatic carbocycles. The van der Waals surface area contributed by atoms with Crippen LogP contribution in [0.5, 0.6) is 5.75 Å². The zero-order valence-electron chi connectivity index (χ0n) is 13.3. The molecule has 0 bridgehead atoms. The standard InChI is InChI=1S/C18H19ClN2O3/c1-2-24-16-8-6-15(7-9-16)21-18(23)17(22)20-11-10-13-4-3-5-14(19)12-13/h3-9,12H,2,10-11H2,1H3,(H,20,22)(H,21,23). The first-order valence-corrected chi connectivity index (χ1v) is 8.02. The first-order valence-electron chi connectivity index (χ1n) is 7.65. The fourth-order valence-electron chi connectivity index (χ4n) is 2.08. The molecule has 24 heavy (non-hydrogen) atoms. The largest absolute Gasteiger partial charge is 0.494 e. The van der Waals surface area contributed by atoms with Crippen molar-refractivity contribution in [2.45, 2.75) is 13.3 Å². The fraction of sp³-hybridized carbons (Fsp3) is 0.222. The second-order valence-electron chi connectivity index (χ2n) is 5.05. The summed E-state index contributed by atoms with van der Waals surface area (Å²) in [6, 6.07) is 14.2. The highest BCUT2D eigenvalue weighted by atomic mass is 35.5. The molecule has 2 aromatic rings. The number of halogens is 1. The first-order chi connectivity index (χ1) is 11.6. The molecule has 0 fully saturated rings. The minimum Gasteiger partial charge on any atom is -0.494 e. The molecule has 0 aliphatic heterocycles. The molecule has 2 N–H and O–H groups in total. The second-order valence-corrected chi connectivity index (χ2v) is 5.48. The zero-order valence-corrected chi connectivity index (χ0v) is 14.1. The maximum Gasteiger partial charge on any atom is 0.313 e. The Hall–Kier alpha value is -2.53. The molecule has 0 saturated carbocycles. The Bertz CT molecular complexity index is 702. The van der Waals surface area contributed by atoms with Gasteiger partial charge in [-0.3, -0.25) is 9.59 Å². The van der Waals surface area contributed by atoms with Gasteiger partial charge in [-0.05, 0) is 55.3 Å². The number of amides is 2. The van der Waals surface area contributed by atoms with Gasteiger partial charge in [0.25, 0.3) is 0 Å². The van der Waals surface area contributed by atoms with Crippen LogP contribution in [0.2, 0.25) is 5.02 Å². The van der Waals surface area contributed by atoms with E-state index in [9.17, 15) is 9.59 Å². The molecule has 2 amide bonds. The molecule has 0 radical (unpaired) electrons. The Balaban J connectivity index is 1.78. The molecule has 0 aliphatic carbocycles. The third kappa shape index (κ3) is 5.59. The average molecular weight is 347 g/mol. The topological polar surface area (TPSA) is 67.4 Å². The highest BCUT2D eigenvalue weighted by Gasteiger charge is 2.13. The molecule has 0 unspecified atom stereocenters. The van der Waals surface area contributed by atoms with E-state index in [0.717, 1.165) is 5.56 Å². The fourth-order valence-corrected chi connectivity index (χ4v) is 2.30. The van der Waals surface area contributed by atoms with Crippen LogP contribution in [0.4, 0.5) is 5.69 Å². The van der Waals surface area contributed by atoms with E-state index >= 15 is 0 Å². The van der Waals surface area contributed by atoms with E-state index in [4.69, 9.17) is 16.3 Å². The van der Waals surface area contributed by atoms with Crippen molar-refractivity contribution < 1.29 is 14.3 Å². The lowest BCUT2D eigenvalue weighted by molar-refractivity contribution is -0.136. The average Bonchev–Trinajstić information content (AvgIpc) is 2.57. The molecule has 0 heterocycles. The van der Waals surface area contributed by atoms with Crippen LogP contribution >= 0.6 is 11.6 Å². The van der Waals surface area contributed by atoms with Crippen molar-refractivity contribution in [3.05, 3.63) is 59.1 Å². The summed E-state index contributed by atoms with van der Waals surface area (Å²) in [6.07, 6.45) is 0.600. The SMILES string of the molecule is CCOc1ccc(NC(=O)C(=O)NCCc2cccc(Cl)c2)cc1. The van der Waals surface area contributed by atoms with Crippen LogP contribution < -0.4 is 15.4 Å². The van der Waals surface area contributed by atoms with E-state index < -0.39 is 11.8 Å². The summed E-state index contributed by atoms with van der Waals surface area (Å²) in [5.41, 5.74) is 1.53. The van der Waals surface area contributed by atoms with Crippen molar-refractivity contribution in [3.8, 4) is 5.75 Å². The molecular weight excluding hydrogens is 328 g/mol. The first kappa shape index (κ1) is 17.8. The van der Waals surface area contributed by atoms with Crippen LogP contribution in [0.25, 0.3) is 0 Å². The second kappa shape index (κ2) is 8.93. The number of carbonyl (C=O) groups is 2. The monoisotopic (exact) mass is 346 g/mol. The van der Waals surface area contributed by atoms with Gasteiger partial charge in [0, 0.05) is 17.3 Å². The lowest BCUT2D eigenvalue weighted by Crippen LogP contribution is -2.36. The third-order valence-corrected chi connectivity index (χ3v) is 3.45. The van der Waals surface area contributed by atoms with Gasteiger partial charge in [0.2, 0.25) is 0 Å². The van der Waals surface area contributed by atoms with E-state index in [1.807, 2.05) is 25.1 Å². The van der Waals surface area contributed by atoms with Gasteiger partial charge in [0.1, 0.15) is 5.75 Å². The predicted molar refractivity (Wildman–Crippen MR) is 94.4 cm³/mol. The lowest BCUT2D eigenvalue weighted by Gasteiger charge is -2.08. The molecule has 0 aliphatic rings. The molecule has 0 spiro atoms. The molecule has 0 atom stereocenters. The van der Waals surface area contributed by atoms with Gasteiger partial charge < -0.3 is 15.4 Å². The van der Waals surface area contributed by atoms with Crippen LogP contribution in [-0.2, 0) is 16.0 Å². The Kier molecular flexibility index (Phi) is 6.63. The zero-order chi connectivity index (χ0) is 17.4. The van der Waals surface area contributed by atoms with Gasteiger partial charge in [-0.1, -0.05) is 23.7 Å². The van der Waals surface area contributed by atoms with Gasteiger partial charge in [0.15, 0.2) is 0 Å². The van der Waals surface area contributed by atoms with Gasteiger partial charge in [-0.2, -0.15) is 0 Å². The molecular formula is C18H19ClN2O3. The number of rotatable bonds is 6. The van der Waals surface area contributed by atoms with Gasteiger partial charge >= 0.3 is 11.8 Å². The Morgan fingerprint density at radius 1 is 1.08 bits per heavy atom. The van der Waals surface area contributed by atoms with Gasteiger partial charge in [0.05, 0.1) is 6.61 Å². The third-order valence-electron chi connectivity index (χ3n) is 3.22. The summed E-state index contributed by atoms with van der Waals surface area (Å²) in [7, 11) is 0. The van der Waals surface area contributed by atoms with Gasteiger partial charge in [-0.15, -0.1) is 0 Å². The van der Waals surface area contributed by atoms with E-state index in [0.29, 0.717) is 36.0 Å². The Morgan fingerprint density at radius 3 is 2.50 bits per heavy atom. The Morgan fingerprint density at radius 2 is 1.83 bits per heavy atom. The van der Waals surface area contributed by atoms with E-state index in [2.05, 4.69) is 10.6 Å². The van der Waals surface area contributed by atoms with E-state index in [1.54, 1.807) is 30.3 Å². The number of hydrogen-bond donors (Lipinski definition) is 2. The van der Waals surface area contributed by atoms with Crippen molar-refractivity contribution in [2.75, 3.05) is 18.5 Å². The maximum absolute atomic E-state index is 11.8. The minimum absolute atomic E-state index is 0.357. The van der Waals surface area contributed by atoms with Crippen molar-refractivity contribution in [1.29, 1.82) is 0 Å². The highest BCUT2D eigenvalue weighted by Crippen LogP contribution is 2.15. The summed E-state index contributed by atoms with van der Waals surface area (Å²) in [5, 5.41) is 5.77. The number of benzene rings is 2. The molecule has 0 aromatic heterocycles. The summed E-state index contributed by atoms with van der Waals surface area (Å²) in [4.78, 5) is 23.6. The van der Waals surface area contributed by atoms with Crippen molar-refractivity contribution in [1.82, 2.24) is 5.32 Å². The molecule has 0 saturated heterocycles. The smallest absolute Gasteiger partial charge is 0.313 e. The van der Waals surface area contributed by atoms with E-state index in [1.165, 1.54) is 0 Å². The molecule has 6 heteroatoms. The maximum atomic E-state index is 11.8. The number of carbonyl (C=O) groups excluding carboxylic acids is 2. The summed E-state index contributed by atoms with van der Waals surface area (Å²) >= 11 is 5.90. The Labute approximate surface area is 146 Å². The van der Waals surface area contributed by atoms with Crippen LogP contribution in [0.1, 0.15) is 12.5 Å². The molecule has 5 nitrogen and oxygen atoms in total. The number of anilines is 1. The number of hydrogen-bond acceptors (Lipinski definition) is 3. The highest BCUT2D eigenvalue weighted by molar-refractivity contribution is 6.39. The van der Waals surface area contributed by atoms with E-state index in [-0.39, 0.29) is 0 Å². The molecule has 2 rings (SSSR count). The van der Waals surface area contributed by atoms with Crippen molar-refractivity contribution in [2.24, 2.45) is 0 Å². The van der Waals surface area contributed by atoms with Crippen molar-refractivity contribution >= 4 is 29.1 Å². The number of nitrogens with one attached hydrogen (secondary N) is 2.